The molecule has 1 aromatic carbocycles. The van der Waals surface area contributed by atoms with E-state index >= 15 is 0 Å². The van der Waals surface area contributed by atoms with Crippen molar-refractivity contribution >= 4 is 18.0 Å². The van der Waals surface area contributed by atoms with Crippen molar-refractivity contribution in [1.82, 2.24) is 5.32 Å². The van der Waals surface area contributed by atoms with Crippen LogP contribution >= 0.6 is 0 Å². The van der Waals surface area contributed by atoms with Gasteiger partial charge in [-0.05, 0) is 49.5 Å². The van der Waals surface area contributed by atoms with Crippen molar-refractivity contribution in [2.24, 2.45) is 5.92 Å². The summed E-state index contributed by atoms with van der Waals surface area (Å²) in [6.45, 7) is 3.79. The molecule has 2 N–H and O–H groups in total. The van der Waals surface area contributed by atoms with Crippen molar-refractivity contribution in [2.45, 2.75) is 45.6 Å². The quantitative estimate of drug-likeness (QED) is 0.525. The van der Waals surface area contributed by atoms with Crippen molar-refractivity contribution < 1.29 is 24.2 Å². The zero-order chi connectivity index (χ0) is 20.5. The lowest BCUT2D eigenvalue weighted by atomic mass is 9.86. The molecule has 7 heteroatoms. The van der Waals surface area contributed by atoms with Gasteiger partial charge in [0.15, 0.2) is 18.1 Å². The van der Waals surface area contributed by atoms with E-state index in [1.54, 1.807) is 25.1 Å². The fourth-order valence-corrected chi connectivity index (χ4v) is 3.23. The van der Waals surface area contributed by atoms with Gasteiger partial charge in [0, 0.05) is 6.04 Å². The molecule has 2 unspecified atom stereocenters. The number of ether oxygens (including phenoxy) is 2. The highest BCUT2D eigenvalue weighted by atomic mass is 16.5. The van der Waals surface area contributed by atoms with Crippen LogP contribution in [0, 0.1) is 17.2 Å². The Hall–Kier alpha value is -3.01. The maximum atomic E-state index is 12.5. The molecule has 0 saturated heterocycles. The summed E-state index contributed by atoms with van der Waals surface area (Å²) < 4.78 is 10.7. The van der Waals surface area contributed by atoms with Gasteiger partial charge in [0.05, 0.1) is 6.61 Å². The Morgan fingerprint density at radius 2 is 2.04 bits per heavy atom. The predicted molar refractivity (Wildman–Crippen MR) is 104 cm³/mol. The Balaban J connectivity index is 2.17. The Labute approximate surface area is 164 Å². The maximum absolute atomic E-state index is 12.5. The number of nitriles is 1. The molecule has 28 heavy (non-hydrogen) atoms. The number of hydrogen-bond acceptors (Lipinski definition) is 5. The highest BCUT2D eigenvalue weighted by Gasteiger charge is 2.24. The molecule has 150 valence electrons. The molecule has 0 heterocycles. The molecule has 2 rings (SSSR count). The molecule has 7 nitrogen and oxygen atoms in total. The van der Waals surface area contributed by atoms with Crippen LogP contribution in [-0.4, -0.2) is 36.2 Å². The molecule has 0 bridgehead atoms. The van der Waals surface area contributed by atoms with E-state index in [-0.39, 0.29) is 17.5 Å². The molecule has 1 aliphatic rings. The molecule has 0 spiro atoms. The predicted octanol–water partition coefficient (Wildman–Crippen LogP) is 3.15. The topological polar surface area (TPSA) is 109 Å². The van der Waals surface area contributed by atoms with Crippen LogP contribution < -0.4 is 14.8 Å². The van der Waals surface area contributed by atoms with Crippen LogP contribution in [-0.2, 0) is 9.59 Å². The summed E-state index contributed by atoms with van der Waals surface area (Å²) in [4.78, 5) is 23.2. The van der Waals surface area contributed by atoms with Crippen molar-refractivity contribution in [1.29, 1.82) is 5.26 Å². The molecule has 0 aromatic heterocycles. The summed E-state index contributed by atoms with van der Waals surface area (Å²) in [6, 6.07) is 6.88. The lowest BCUT2D eigenvalue weighted by Gasteiger charge is -2.29. The standard InChI is InChI=1S/C21H26N2O5/c1-3-27-19-11-15(8-9-18(19)28-13-20(24)25)10-16(12-22)21(26)23-17-7-5-4-6-14(17)2/h8-11,14,17H,3-7,13H2,1-2H3,(H,23,26)(H,24,25)/b16-10+. The van der Waals surface area contributed by atoms with E-state index in [2.05, 4.69) is 12.2 Å². The van der Waals surface area contributed by atoms with E-state index in [4.69, 9.17) is 14.6 Å². The Morgan fingerprint density at radius 3 is 2.68 bits per heavy atom. The van der Waals surface area contributed by atoms with Crippen LogP contribution in [0.15, 0.2) is 23.8 Å². The number of rotatable bonds is 8. The van der Waals surface area contributed by atoms with E-state index in [1.165, 1.54) is 12.5 Å². The van der Waals surface area contributed by atoms with E-state index < -0.39 is 12.6 Å². The third-order valence-corrected chi connectivity index (χ3v) is 4.72. The smallest absolute Gasteiger partial charge is 0.341 e. The van der Waals surface area contributed by atoms with Crippen LogP contribution in [0.4, 0.5) is 0 Å². The van der Waals surface area contributed by atoms with E-state index in [0.29, 0.717) is 29.6 Å². The number of carboxylic acid groups (broad SMARTS) is 1. The van der Waals surface area contributed by atoms with Gasteiger partial charge in [0.1, 0.15) is 11.6 Å². The van der Waals surface area contributed by atoms with Gasteiger partial charge in [0.2, 0.25) is 0 Å². The first-order chi connectivity index (χ1) is 13.4. The lowest BCUT2D eigenvalue weighted by Crippen LogP contribution is -2.41. The van der Waals surface area contributed by atoms with Gasteiger partial charge in [-0.3, -0.25) is 4.79 Å². The number of nitrogens with zero attached hydrogens (tertiary/aromatic N) is 1. The summed E-state index contributed by atoms with van der Waals surface area (Å²) in [7, 11) is 0. The number of carbonyl (C=O) groups excluding carboxylic acids is 1. The number of nitrogens with one attached hydrogen (secondary N) is 1. The minimum absolute atomic E-state index is 0.0134. The maximum Gasteiger partial charge on any atom is 0.341 e. The van der Waals surface area contributed by atoms with Gasteiger partial charge < -0.3 is 19.9 Å². The molecule has 1 fully saturated rings. The Morgan fingerprint density at radius 1 is 1.29 bits per heavy atom. The summed E-state index contributed by atoms with van der Waals surface area (Å²) in [5.74, 6) is -0.429. The van der Waals surface area contributed by atoms with Crippen molar-refractivity contribution in [3.63, 3.8) is 0 Å². The molecule has 1 aliphatic carbocycles. The van der Waals surface area contributed by atoms with Crippen LogP contribution in [0.25, 0.3) is 6.08 Å². The van der Waals surface area contributed by atoms with Crippen molar-refractivity contribution in [3.05, 3.63) is 29.3 Å². The fraction of sp³-hybridized carbons (Fsp3) is 0.476. The molecular formula is C21H26N2O5. The second kappa shape index (κ2) is 10.4. The van der Waals surface area contributed by atoms with Gasteiger partial charge in [0.25, 0.3) is 5.91 Å². The van der Waals surface area contributed by atoms with Gasteiger partial charge >= 0.3 is 5.97 Å². The van der Waals surface area contributed by atoms with E-state index in [1.807, 2.05) is 6.07 Å². The molecule has 2 atom stereocenters. The van der Waals surface area contributed by atoms with E-state index in [0.717, 1.165) is 19.3 Å². The van der Waals surface area contributed by atoms with Gasteiger partial charge in [-0.25, -0.2) is 4.79 Å². The highest BCUT2D eigenvalue weighted by Crippen LogP contribution is 2.29. The average Bonchev–Trinajstić information content (AvgIpc) is 2.67. The summed E-state index contributed by atoms with van der Waals surface area (Å²) in [5, 5.41) is 21.2. The first kappa shape index (κ1) is 21.3. The summed E-state index contributed by atoms with van der Waals surface area (Å²) >= 11 is 0. The number of hydrogen-bond donors (Lipinski definition) is 2. The monoisotopic (exact) mass is 386 g/mol. The number of amides is 1. The Kier molecular flexibility index (Phi) is 7.88. The van der Waals surface area contributed by atoms with Gasteiger partial charge in [-0.1, -0.05) is 25.8 Å². The number of aliphatic carboxylic acids is 1. The molecule has 1 amide bonds. The normalized spacial score (nSPS) is 19.4. The van der Waals surface area contributed by atoms with Crippen LogP contribution in [0.1, 0.15) is 45.1 Å². The van der Waals surface area contributed by atoms with Crippen LogP contribution in [0.5, 0.6) is 11.5 Å². The number of carbonyl (C=O) groups is 2. The second-order valence-corrected chi connectivity index (χ2v) is 6.83. The molecule has 1 aromatic rings. The molecule has 1 saturated carbocycles. The average molecular weight is 386 g/mol. The Bertz CT molecular complexity index is 781. The second-order valence-electron chi connectivity index (χ2n) is 6.83. The summed E-state index contributed by atoms with van der Waals surface area (Å²) in [6.07, 6.45) is 5.75. The lowest BCUT2D eigenvalue weighted by molar-refractivity contribution is -0.139. The minimum atomic E-state index is -1.09. The molecule has 0 aliphatic heterocycles. The highest BCUT2D eigenvalue weighted by molar-refractivity contribution is 6.01. The van der Waals surface area contributed by atoms with Crippen LogP contribution in [0.3, 0.4) is 0 Å². The van der Waals surface area contributed by atoms with Gasteiger partial charge in [-0.2, -0.15) is 5.26 Å². The van der Waals surface area contributed by atoms with Crippen LogP contribution in [0.2, 0.25) is 0 Å². The first-order valence-electron chi connectivity index (χ1n) is 9.48. The van der Waals surface area contributed by atoms with Gasteiger partial charge in [-0.15, -0.1) is 0 Å². The number of carboxylic acids is 1. The summed E-state index contributed by atoms with van der Waals surface area (Å²) in [5.41, 5.74) is 0.606. The molecular weight excluding hydrogens is 360 g/mol. The first-order valence-corrected chi connectivity index (χ1v) is 9.48. The zero-order valence-corrected chi connectivity index (χ0v) is 16.2. The van der Waals surface area contributed by atoms with E-state index in [9.17, 15) is 14.9 Å². The third kappa shape index (κ3) is 6.02. The molecule has 0 radical (unpaired) electrons. The fourth-order valence-electron chi connectivity index (χ4n) is 3.23. The minimum Gasteiger partial charge on any atom is -0.490 e. The van der Waals surface area contributed by atoms with Crippen molar-refractivity contribution in [2.75, 3.05) is 13.2 Å². The zero-order valence-electron chi connectivity index (χ0n) is 16.2. The third-order valence-electron chi connectivity index (χ3n) is 4.72. The largest absolute Gasteiger partial charge is 0.490 e. The SMILES string of the molecule is CCOc1cc(/C=C(\C#N)C(=O)NC2CCCCC2C)ccc1OCC(=O)O. The van der Waals surface area contributed by atoms with Crippen molar-refractivity contribution in [3.8, 4) is 17.6 Å². The number of benzene rings is 1.